The van der Waals surface area contributed by atoms with Crippen molar-refractivity contribution in [3.63, 3.8) is 0 Å². The van der Waals surface area contributed by atoms with Crippen LogP contribution >= 0.6 is 31.9 Å². The van der Waals surface area contributed by atoms with Crippen LogP contribution in [0, 0.1) is 0 Å². The third kappa shape index (κ3) is 8.33. The van der Waals surface area contributed by atoms with E-state index in [-0.39, 0.29) is 36.6 Å². The summed E-state index contributed by atoms with van der Waals surface area (Å²) in [6, 6.07) is 31.6. The molecule has 0 saturated carbocycles. The highest BCUT2D eigenvalue weighted by molar-refractivity contribution is 9.11. The van der Waals surface area contributed by atoms with Crippen LogP contribution < -0.4 is 10.9 Å². The van der Waals surface area contributed by atoms with Gasteiger partial charge in [0.15, 0.2) is 0 Å². The molecule has 4 aromatic carbocycles. The Balaban J connectivity index is 0.000000119. The van der Waals surface area contributed by atoms with Crippen molar-refractivity contribution in [3.8, 4) is 0 Å². The first-order valence-corrected chi connectivity index (χ1v) is 20.0. The zero-order chi connectivity index (χ0) is 39.9. The molecule has 0 aliphatic carbocycles. The number of rotatable bonds is 2. The quantitative estimate of drug-likeness (QED) is 0.159. The van der Waals surface area contributed by atoms with Crippen LogP contribution in [-0.4, -0.2) is 36.6 Å². The number of hydrogen-bond acceptors (Lipinski definition) is 8. The Morgan fingerprint density at radius 3 is 1.48 bits per heavy atom. The van der Waals surface area contributed by atoms with Crippen molar-refractivity contribution >= 4 is 101 Å². The van der Waals surface area contributed by atoms with Gasteiger partial charge in [-0.2, -0.15) is 0 Å². The Morgan fingerprint density at radius 1 is 0.429 bits per heavy atom. The monoisotopic (exact) mass is 880 g/mol. The lowest BCUT2D eigenvalue weighted by Crippen LogP contribution is -2.41. The van der Waals surface area contributed by atoms with Gasteiger partial charge in [-0.15, -0.1) is 0 Å². The fourth-order valence-corrected chi connectivity index (χ4v) is 7.00. The second kappa shape index (κ2) is 15.7. The van der Waals surface area contributed by atoms with Gasteiger partial charge in [-0.3, -0.25) is 0 Å². The second-order valence-electron chi connectivity index (χ2n) is 15.7. The summed E-state index contributed by atoms with van der Waals surface area (Å²) in [4.78, 5) is 0. The fraction of sp³-hybridized carbons (Fsp3) is 0.273. The SMILES string of the molecule is Brc1ccc2ccoc2c1.Brc1cccc2occc12.CC1(C)OB(c2ccc3ccoc3c2)OC1(C)C.CC1(C)OB(c2cccc3occc23)OC1(C)C. The molecule has 0 unspecified atom stereocenters. The van der Waals surface area contributed by atoms with Gasteiger partial charge in [-0.25, -0.2) is 0 Å². The van der Waals surface area contributed by atoms with Crippen LogP contribution in [0.3, 0.4) is 0 Å². The largest absolute Gasteiger partial charge is 0.495 e. The first-order chi connectivity index (χ1) is 26.5. The lowest BCUT2D eigenvalue weighted by Gasteiger charge is -2.32. The molecule has 12 heteroatoms. The molecule has 0 atom stereocenters. The van der Waals surface area contributed by atoms with Gasteiger partial charge in [0, 0.05) is 30.5 Å². The molecule has 2 fully saturated rings. The van der Waals surface area contributed by atoms with E-state index in [0.29, 0.717) is 0 Å². The molecule has 288 valence electrons. The molecule has 0 bridgehead atoms. The first kappa shape index (κ1) is 40.2. The van der Waals surface area contributed by atoms with Gasteiger partial charge < -0.3 is 36.3 Å². The molecule has 8 nitrogen and oxygen atoms in total. The van der Waals surface area contributed by atoms with Crippen LogP contribution in [0.25, 0.3) is 43.9 Å². The number of fused-ring (bicyclic) bond motifs is 4. The fourth-order valence-electron chi connectivity index (χ4n) is 6.18. The summed E-state index contributed by atoms with van der Waals surface area (Å²) < 4.78 is 47.4. The van der Waals surface area contributed by atoms with E-state index < -0.39 is 0 Å². The summed E-state index contributed by atoms with van der Waals surface area (Å²) >= 11 is 6.77. The van der Waals surface area contributed by atoms with Crippen molar-refractivity contribution in [1.29, 1.82) is 0 Å². The van der Waals surface area contributed by atoms with Gasteiger partial charge in [0.05, 0.1) is 47.5 Å². The van der Waals surface area contributed by atoms with Crippen LogP contribution in [-0.2, 0) is 18.6 Å². The van der Waals surface area contributed by atoms with E-state index >= 15 is 0 Å². The molecule has 2 aliphatic heterocycles. The Kier molecular flexibility index (Phi) is 11.3. The molecule has 2 aliphatic rings. The molecule has 0 amide bonds. The number of hydrogen-bond donors (Lipinski definition) is 0. The van der Waals surface area contributed by atoms with Gasteiger partial charge in [-0.05, 0) is 127 Å². The highest BCUT2D eigenvalue weighted by Crippen LogP contribution is 2.38. The van der Waals surface area contributed by atoms with Gasteiger partial charge in [-0.1, -0.05) is 68.3 Å². The van der Waals surface area contributed by atoms with Crippen LogP contribution in [0.1, 0.15) is 55.4 Å². The molecular weight excluding hydrogens is 838 g/mol. The van der Waals surface area contributed by atoms with Crippen molar-refractivity contribution in [2.75, 3.05) is 0 Å². The van der Waals surface area contributed by atoms with E-state index in [4.69, 9.17) is 36.3 Å². The molecule has 6 heterocycles. The highest BCUT2D eigenvalue weighted by atomic mass is 79.9. The number of halogens is 2. The molecule has 0 spiro atoms. The minimum Gasteiger partial charge on any atom is -0.464 e. The van der Waals surface area contributed by atoms with E-state index in [2.05, 4.69) is 87.2 Å². The molecular formula is C44H44B2Br2O8. The molecule has 2 saturated heterocycles. The second-order valence-corrected chi connectivity index (χ2v) is 17.5. The molecule has 8 aromatic rings. The minimum absolute atomic E-state index is 0.310. The van der Waals surface area contributed by atoms with Crippen molar-refractivity contribution in [2.45, 2.75) is 77.8 Å². The zero-order valence-corrected chi connectivity index (χ0v) is 35.9. The van der Waals surface area contributed by atoms with E-state index in [1.54, 1.807) is 25.1 Å². The van der Waals surface area contributed by atoms with E-state index in [1.807, 2.05) is 97.1 Å². The van der Waals surface area contributed by atoms with Gasteiger partial charge in [0.1, 0.15) is 22.3 Å². The van der Waals surface area contributed by atoms with Crippen LogP contribution in [0.15, 0.2) is 149 Å². The first-order valence-electron chi connectivity index (χ1n) is 18.4. The Hall–Kier alpha value is -4.03. The standard InChI is InChI=1S/2C14H17BO3.2C8H5BrO/c1-13(2)14(3,4)18-15(17-13)11-6-5-10-7-8-16-12(10)9-11;1-13(2)14(3,4)18-15(17-13)11-6-5-7-12-10(11)8-9-16-12;9-7-2-1-6-3-4-10-8(6)5-7;9-7-2-1-3-8-6(7)4-5-10-8/h2*5-9H,1-4H3;2*1-5H. The highest BCUT2D eigenvalue weighted by Gasteiger charge is 2.53. The van der Waals surface area contributed by atoms with Crippen LogP contribution in [0.5, 0.6) is 0 Å². The number of furan rings is 4. The normalized spacial score (nSPS) is 17.7. The maximum Gasteiger partial charge on any atom is 0.495 e. The third-order valence-electron chi connectivity index (χ3n) is 10.9. The third-order valence-corrected chi connectivity index (χ3v) is 12.1. The Morgan fingerprint density at radius 2 is 0.893 bits per heavy atom. The van der Waals surface area contributed by atoms with E-state index in [1.165, 1.54) is 0 Å². The Labute approximate surface area is 344 Å². The lowest BCUT2D eigenvalue weighted by molar-refractivity contribution is 0.00578. The van der Waals surface area contributed by atoms with Gasteiger partial charge in [0.2, 0.25) is 0 Å². The van der Waals surface area contributed by atoms with Crippen molar-refractivity contribution in [1.82, 2.24) is 0 Å². The maximum atomic E-state index is 6.06. The summed E-state index contributed by atoms with van der Waals surface area (Å²) in [5.74, 6) is 0. The summed E-state index contributed by atoms with van der Waals surface area (Å²) in [6.07, 6.45) is 6.77. The zero-order valence-electron chi connectivity index (χ0n) is 32.7. The summed E-state index contributed by atoms with van der Waals surface area (Å²) in [6.45, 7) is 16.4. The maximum absolute atomic E-state index is 6.06. The molecule has 0 radical (unpaired) electrons. The topological polar surface area (TPSA) is 89.5 Å². The summed E-state index contributed by atoms with van der Waals surface area (Å²) in [7, 11) is -0.666. The molecule has 4 aromatic heterocycles. The predicted molar refractivity (Wildman–Crippen MR) is 232 cm³/mol. The van der Waals surface area contributed by atoms with E-state index in [9.17, 15) is 0 Å². The predicted octanol–water partition coefficient (Wildman–Crippen LogP) is 11.9. The number of benzene rings is 4. The Bertz CT molecular complexity index is 2550. The lowest BCUT2D eigenvalue weighted by atomic mass is 9.77. The molecule has 56 heavy (non-hydrogen) atoms. The molecule has 0 N–H and O–H groups in total. The summed E-state index contributed by atoms with van der Waals surface area (Å²) in [5, 5.41) is 4.41. The average Bonchev–Trinajstić information content (AvgIpc) is 4.00. The van der Waals surface area contributed by atoms with Crippen molar-refractivity contribution < 1.29 is 36.3 Å². The van der Waals surface area contributed by atoms with E-state index in [0.717, 1.165) is 63.7 Å². The molecule has 10 rings (SSSR count). The summed E-state index contributed by atoms with van der Waals surface area (Å²) in [5.41, 5.74) is 4.35. The van der Waals surface area contributed by atoms with Crippen molar-refractivity contribution in [3.05, 3.63) is 131 Å². The van der Waals surface area contributed by atoms with Gasteiger partial charge >= 0.3 is 14.2 Å². The minimum atomic E-state index is -0.337. The van der Waals surface area contributed by atoms with Crippen molar-refractivity contribution in [2.24, 2.45) is 0 Å². The smallest absolute Gasteiger partial charge is 0.464 e. The van der Waals surface area contributed by atoms with Crippen LogP contribution in [0.2, 0.25) is 0 Å². The van der Waals surface area contributed by atoms with Crippen LogP contribution in [0.4, 0.5) is 0 Å². The van der Waals surface area contributed by atoms with Gasteiger partial charge in [0.25, 0.3) is 0 Å². The average molecular weight is 882 g/mol.